The number of rotatable bonds is 8. The van der Waals surface area contributed by atoms with Gasteiger partial charge in [-0.25, -0.2) is 9.79 Å². The molecule has 0 saturated carbocycles. The van der Waals surface area contributed by atoms with Gasteiger partial charge >= 0.3 is 5.97 Å². The third-order valence-corrected chi connectivity index (χ3v) is 6.87. The minimum absolute atomic E-state index is 0.189. The van der Waals surface area contributed by atoms with E-state index < -0.39 is 5.97 Å². The third kappa shape index (κ3) is 5.86. The molecular formula is C31H24N2O5S. The topological polar surface area (TPSA) is 88.4 Å². The second-order valence-corrected chi connectivity index (χ2v) is 9.50. The van der Waals surface area contributed by atoms with Gasteiger partial charge in [0.2, 0.25) is 0 Å². The first-order valence-electron chi connectivity index (χ1n) is 12.1. The summed E-state index contributed by atoms with van der Waals surface area (Å²) in [4.78, 5) is 31.7. The van der Waals surface area contributed by atoms with Crippen LogP contribution in [0.3, 0.4) is 0 Å². The Kier molecular flexibility index (Phi) is 7.75. The van der Waals surface area contributed by atoms with Gasteiger partial charge in [-0.15, -0.1) is 0 Å². The number of para-hydroxylation sites is 3. The highest BCUT2D eigenvalue weighted by Crippen LogP contribution is 2.40. The van der Waals surface area contributed by atoms with Gasteiger partial charge in [0.05, 0.1) is 29.0 Å². The number of hydrogen-bond donors (Lipinski definition) is 1. The van der Waals surface area contributed by atoms with Crippen LogP contribution in [0.15, 0.2) is 113 Å². The van der Waals surface area contributed by atoms with Crippen molar-refractivity contribution in [1.29, 1.82) is 0 Å². The number of carboxylic acids is 1. The first-order chi connectivity index (χ1) is 19.0. The Morgan fingerprint density at radius 2 is 1.62 bits per heavy atom. The highest BCUT2D eigenvalue weighted by atomic mass is 32.2. The van der Waals surface area contributed by atoms with E-state index in [1.54, 1.807) is 36.3 Å². The van der Waals surface area contributed by atoms with Gasteiger partial charge in [0, 0.05) is 5.56 Å². The number of methoxy groups -OCH3 is 1. The molecule has 0 spiro atoms. The second-order valence-electron chi connectivity index (χ2n) is 8.49. The number of aliphatic imine (C=N–C) groups is 1. The molecule has 1 heterocycles. The van der Waals surface area contributed by atoms with Gasteiger partial charge in [-0.05, 0) is 65.9 Å². The van der Waals surface area contributed by atoms with E-state index >= 15 is 0 Å². The third-order valence-electron chi connectivity index (χ3n) is 5.90. The fourth-order valence-corrected chi connectivity index (χ4v) is 4.96. The van der Waals surface area contributed by atoms with Gasteiger partial charge in [0.25, 0.3) is 5.91 Å². The van der Waals surface area contributed by atoms with E-state index in [0.717, 1.165) is 16.9 Å². The number of carboxylic acid groups (broad SMARTS) is 1. The molecule has 1 fully saturated rings. The molecule has 0 radical (unpaired) electrons. The quantitative estimate of drug-likeness (QED) is 0.250. The Morgan fingerprint density at radius 1 is 0.923 bits per heavy atom. The number of ether oxygens (including phenoxy) is 2. The zero-order valence-electron chi connectivity index (χ0n) is 21.0. The molecular weight excluding hydrogens is 512 g/mol. The van der Waals surface area contributed by atoms with E-state index in [1.165, 1.54) is 23.9 Å². The van der Waals surface area contributed by atoms with Crippen molar-refractivity contribution in [1.82, 2.24) is 0 Å². The lowest BCUT2D eigenvalue weighted by molar-refractivity contribution is -0.113. The second kappa shape index (κ2) is 11.7. The predicted octanol–water partition coefficient (Wildman–Crippen LogP) is 6.78. The van der Waals surface area contributed by atoms with Crippen LogP contribution in [0.2, 0.25) is 0 Å². The number of nitrogens with zero attached hydrogens (tertiary/aromatic N) is 2. The molecule has 4 aromatic carbocycles. The van der Waals surface area contributed by atoms with Crippen LogP contribution in [0, 0.1) is 0 Å². The Balaban J connectivity index is 1.49. The maximum atomic E-state index is 13.7. The first kappa shape index (κ1) is 25.8. The molecule has 8 heteroatoms. The Labute approximate surface area is 230 Å². The number of thioether (sulfide) groups is 1. The summed E-state index contributed by atoms with van der Waals surface area (Å²) in [6.45, 7) is 0.189. The summed E-state index contributed by atoms with van der Waals surface area (Å²) in [7, 11) is 1.55. The SMILES string of the molecule is COc1cccc(/C=C2\SC(=Nc3ccccc3)N(c3ccccc3)C2=O)c1OCc1ccc(C(=O)O)cc1. The summed E-state index contributed by atoms with van der Waals surface area (Å²) in [5.41, 5.74) is 3.13. The van der Waals surface area contributed by atoms with Crippen LogP contribution in [-0.2, 0) is 11.4 Å². The fraction of sp³-hybridized carbons (Fsp3) is 0.0645. The van der Waals surface area contributed by atoms with Gasteiger partial charge in [-0.3, -0.25) is 9.69 Å². The van der Waals surface area contributed by atoms with Crippen molar-refractivity contribution in [2.45, 2.75) is 6.61 Å². The van der Waals surface area contributed by atoms with Gasteiger partial charge < -0.3 is 14.6 Å². The largest absolute Gasteiger partial charge is 0.493 e. The molecule has 1 saturated heterocycles. The van der Waals surface area contributed by atoms with Crippen LogP contribution in [0.25, 0.3) is 6.08 Å². The van der Waals surface area contributed by atoms with E-state index in [4.69, 9.17) is 19.6 Å². The van der Waals surface area contributed by atoms with Crippen molar-refractivity contribution in [2.75, 3.05) is 12.0 Å². The standard InChI is InChI=1S/C31H24N2O5S/c1-37-26-14-8-9-23(28(26)38-20-21-15-17-22(18-16-21)30(35)36)19-27-29(34)33(25-12-6-3-7-13-25)31(39-27)32-24-10-4-2-5-11-24/h2-19H,20H2,1H3,(H,35,36)/b27-19-,32-31?. The lowest BCUT2D eigenvalue weighted by atomic mass is 10.1. The Bertz CT molecular complexity index is 1550. The molecule has 5 rings (SSSR count). The normalized spacial score (nSPS) is 15.1. The summed E-state index contributed by atoms with van der Waals surface area (Å²) < 4.78 is 11.7. The molecule has 4 aromatic rings. The molecule has 1 N–H and O–H groups in total. The summed E-state index contributed by atoms with van der Waals surface area (Å²) in [6.07, 6.45) is 1.78. The van der Waals surface area contributed by atoms with Crippen molar-refractivity contribution in [2.24, 2.45) is 4.99 Å². The van der Waals surface area contributed by atoms with Crippen molar-refractivity contribution in [3.05, 3.63) is 125 Å². The molecule has 0 aliphatic carbocycles. The molecule has 1 aliphatic rings. The number of carbonyl (C=O) groups is 2. The zero-order chi connectivity index (χ0) is 27.2. The molecule has 0 aromatic heterocycles. The van der Waals surface area contributed by atoms with E-state index in [2.05, 4.69) is 0 Å². The highest BCUT2D eigenvalue weighted by molar-refractivity contribution is 8.19. The van der Waals surface area contributed by atoms with Crippen LogP contribution >= 0.6 is 11.8 Å². The molecule has 194 valence electrons. The number of amidine groups is 1. The van der Waals surface area contributed by atoms with Gasteiger partial charge in [0.1, 0.15) is 6.61 Å². The zero-order valence-corrected chi connectivity index (χ0v) is 21.8. The van der Waals surface area contributed by atoms with Crippen LogP contribution in [-0.4, -0.2) is 29.3 Å². The van der Waals surface area contributed by atoms with Crippen LogP contribution < -0.4 is 14.4 Å². The van der Waals surface area contributed by atoms with Crippen molar-refractivity contribution in [3.63, 3.8) is 0 Å². The number of anilines is 1. The van der Waals surface area contributed by atoms with Gasteiger partial charge in [0.15, 0.2) is 16.7 Å². The molecule has 1 amide bonds. The minimum Gasteiger partial charge on any atom is -0.493 e. The molecule has 39 heavy (non-hydrogen) atoms. The number of carbonyl (C=O) groups excluding carboxylic acids is 1. The highest BCUT2D eigenvalue weighted by Gasteiger charge is 2.35. The van der Waals surface area contributed by atoms with Crippen LogP contribution in [0.5, 0.6) is 11.5 Å². The molecule has 1 aliphatic heterocycles. The lowest BCUT2D eigenvalue weighted by Gasteiger charge is -2.15. The molecule has 0 unspecified atom stereocenters. The predicted molar refractivity (Wildman–Crippen MR) is 154 cm³/mol. The van der Waals surface area contributed by atoms with E-state index in [9.17, 15) is 9.59 Å². The van der Waals surface area contributed by atoms with Crippen molar-refractivity contribution >= 4 is 46.3 Å². The minimum atomic E-state index is -0.987. The monoisotopic (exact) mass is 536 g/mol. The summed E-state index contributed by atoms with van der Waals surface area (Å²) in [5.74, 6) is -0.193. The Morgan fingerprint density at radius 3 is 2.28 bits per heavy atom. The van der Waals surface area contributed by atoms with Gasteiger partial charge in [-0.1, -0.05) is 60.7 Å². The van der Waals surface area contributed by atoms with Gasteiger partial charge in [-0.2, -0.15) is 0 Å². The average Bonchev–Trinajstić information content (AvgIpc) is 3.27. The van der Waals surface area contributed by atoms with Crippen molar-refractivity contribution in [3.8, 4) is 11.5 Å². The number of aromatic carboxylic acids is 1. The molecule has 0 atom stereocenters. The summed E-state index contributed by atoms with van der Waals surface area (Å²) >= 11 is 1.29. The first-order valence-corrected chi connectivity index (χ1v) is 12.9. The molecule has 0 bridgehead atoms. The van der Waals surface area contributed by atoms with E-state index in [0.29, 0.717) is 27.1 Å². The lowest BCUT2D eigenvalue weighted by Crippen LogP contribution is -2.28. The average molecular weight is 537 g/mol. The number of amides is 1. The Hall–Kier alpha value is -4.82. The maximum absolute atomic E-state index is 13.7. The summed E-state index contributed by atoms with van der Waals surface area (Å²) in [6, 6.07) is 30.9. The molecule has 7 nitrogen and oxygen atoms in total. The fourth-order valence-electron chi connectivity index (χ4n) is 3.97. The maximum Gasteiger partial charge on any atom is 0.335 e. The number of hydrogen-bond acceptors (Lipinski definition) is 6. The van der Waals surface area contributed by atoms with Crippen molar-refractivity contribution < 1.29 is 24.2 Å². The van der Waals surface area contributed by atoms with Crippen LogP contribution in [0.1, 0.15) is 21.5 Å². The van der Waals surface area contributed by atoms with E-state index in [1.807, 2.05) is 72.8 Å². The van der Waals surface area contributed by atoms with E-state index in [-0.39, 0.29) is 18.1 Å². The smallest absolute Gasteiger partial charge is 0.335 e. The number of benzene rings is 4. The summed E-state index contributed by atoms with van der Waals surface area (Å²) in [5, 5.41) is 9.69. The van der Waals surface area contributed by atoms with Crippen LogP contribution in [0.4, 0.5) is 11.4 Å².